The molecule has 0 aliphatic rings. The maximum absolute atomic E-state index is 5.02. The Labute approximate surface area is 118 Å². The Morgan fingerprint density at radius 2 is 2.05 bits per heavy atom. The van der Waals surface area contributed by atoms with Crippen LogP contribution in [0.15, 0.2) is 30.6 Å². The zero-order chi connectivity index (χ0) is 14.2. The van der Waals surface area contributed by atoms with Crippen LogP contribution in [0.5, 0.6) is 5.88 Å². The van der Waals surface area contributed by atoms with Crippen LogP contribution in [-0.2, 0) is 6.54 Å². The van der Waals surface area contributed by atoms with Crippen molar-refractivity contribution in [2.24, 2.45) is 0 Å². The van der Waals surface area contributed by atoms with E-state index in [1.54, 1.807) is 19.5 Å². The van der Waals surface area contributed by atoms with Gasteiger partial charge in [-0.05, 0) is 18.1 Å². The second-order valence-corrected chi connectivity index (χ2v) is 4.25. The lowest BCUT2D eigenvalue weighted by atomic mass is 10.3. The van der Waals surface area contributed by atoms with Gasteiger partial charge in [-0.25, -0.2) is 9.97 Å². The van der Waals surface area contributed by atoms with E-state index >= 15 is 0 Å². The summed E-state index contributed by atoms with van der Waals surface area (Å²) in [4.78, 5) is 12.7. The van der Waals surface area contributed by atoms with Gasteiger partial charge in [0.15, 0.2) is 0 Å². The summed E-state index contributed by atoms with van der Waals surface area (Å²) in [6.07, 6.45) is 4.56. The highest BCUT2D eigenvalue weighted by Crippen LogP contribution is 2.10. The molecular formula is C14H19N5O. The average Bonchev–Trinajstić information content (AvgIpc) is 2.52. The van der Waals surface area contributed by atoms with Crippen LogP contribution >= 0.6 is 0 Å². The summed E-state index contributed by atoms with van der Waals surface area (Å²) in [6, 6.07) is 5.65. The van der Waals surface area contributed by atoms with Gasteiger partial charge < -0.3 is 15.4 Å². The van der Waals surface area contributed by atoms with Crippen molar-refractivity contribution in [1.29, 1.82) is 0 Å². The van der Waals surface area contributed by atoms with Gasteiger partial charge in [0.05, 0.1) is 7.11 Å². The number of hydrogen-bond acceptors (Lipinski definition) is 6. The number of methoxy groups -OCH3 is 1. The molecule has 20 heavy (non-hydrogen) atoms. The summed E-state index contributed by atoms with van der Waals surface area (Å²) in [5.74, 6) is 2.04. The first kappa shape index (κ1) is 14.0. The lowest BCUT2D eigenvalue weighted by Gasteiger charge is -2.08. The number of pyridine rings is 1. The van der Waals surface area contributed by atoms with Crippen LogP contribution in [0.1, 0.15) is 18.9 Å². The van der Waals surface area contributed by atoms with Crippen LogP contribution < -0.4 is 15.4 Å². The molecule has 0 aromatic carbocycles. The topological polar surface area (TPSA) is 72.0 Å². The minimum absolute atomic E-state index is 0.613. The molecule has 106 valence electrons. The number of nitrogens with one attached hydrogen (secondary N) is 2. The zero-order valence-corrected chi connectivity index (χ0v) is 11.8. The van der Waals surface area contributed by atoms with Gasteiger partial charge in [0, 0.05) is 31.5 Å². The molecule has 0 aliphatic heterocycles. The van der Waals surface area contributed by atoms with E-state index in [1.807, 2.05) is 18.2 Å². The molecule has 0 atom stereocenters. The fourth-order valence-corrected chi connectivity index (χ4v) is 1.61. The van der Waals surface area contributed by atoms with E-state index < -0.39 is 0 Å². The van der Waals surface area contributed by atoms with E-state index in [9.17, 15) is 0 Å². The largest absolute Gasteiger partial charge is 0.481 e. The summed E-state index contributed by atoms with van der Waals surface area (Å²) in [5.41, 5.74) is 1.06. The Kier molecular flexibility index (Phi) is 5.11. The third-order valence-corrected chi connectivity index (χ3v) is 2.67. The van der Waals surface area contributed by atoms with Gasteiger partial charge in [0.1, 0.15) is 5.82 Å². The molecule has 2 rings (SSSR count). The number of rotatable bonds is 7. The van der Waals surface area contributed by atoms with Crippen LogP contribution in [0.3, 0.4) is 0 Å². The molecule has 0 saturated carbocycles. The van der Waals surface area contributed by atoms with E-state index in [-0.39, 0.29) is 0 Å². The number of hydrogen-bond donors (Lipinski definition) is 2. The predicted molar refractivity (Wildman–Crippen MR) is 78.9 cm³/mol. The Morgan fingerprint density at radius 3 is 2.75 bits per heavy atom. The standard InChI is InChI=1S/C14H19N5O/c1-3-7-15-14-16-8-6-12(19-14)17-9-11-4-5-13(20-2)18-10-11/h4-6,8,10H,3,7,9H2,1-2H3,(H2,15,16,17,19). The summed E-state index contributed by atoms with van der Waals surface area (Å²) in [7, 11) is 1.60. The van der Waals surface area contributed by atoms with Gasteiger partial charge in [0.2, 0.25) is 11.8 Å². The molecule has 0 fully saturated rings. The van der Waals surface area contributed by atoms with E-state index in [0.29, 0.717) is 18.4 Å². The molecule has 0 unspecified atom stereocenters. The minimum atomic E-state index is 0.613. The Hall–Kier alpha value is -2.37. The highest BCUT2D eigenvalue weighted by molar-refractivity contribution is 5.40. The SMILES string of the molecule is CCCNc1nccc(NCc2ccc(OC)nc2)n1. The lowest BCUT2D eigenvalue weighted by molar-refractivity contribution is 0.397. The number of aromatic nitrogens is 3. The van der Waals surface area contributed by atoms with E-state index in [1.165, 1.54) is 0 Å². The minimum Gasteiger partial charge on any atom is -0.481 e. The number of anilines is 2. The fraction of sp³-hybridized carbons (Fsp3) is 0.357. The first-order valence-corrected chi connectivity index (χ1v) is 6.61. The molecule has 2 aromatic rings. The molecule has 0 spiro atoms. The summed E-state index contributed by atoms with van der Waals surface area (Å²) >= 11 is 0. The number of nitrogens with zero attached hydrogens (tertiary/aromatic N) is 3. The Balaban J connectivity index is 1.92. The third-order valence-electron chi connectivity index (χ3n) is 2.67. The van der Waals surface area contributed by atoms with Crippen LogP contribution in [-0.4, -0.2) is 28.6 Å². The van der Waals surface area contributed by atoms with E-state index in [2.05, 4.69) is 32.5 Å². The monoisotopic (exact) mass is 273 g/mol. The van der Waals surface area contributed by atoms with Gasteiger partial charge in [0.25, 0.3) is 0 Å². The molecule has 2 heterocycles. The van der Waals surface area contributed by atoms with E-state index in [0.717, 1.165) is 24.3 Å². The van der Waals surface area contributed by atoms with Crippen LogP contribution in [0.2, 0.25) is 0 Å². The molecule has 6 heteroatoms. The molecule has 0 saturated heterocycles. The molecular weight excluding hydrogens is 254 g/mol. The molecule has 0 bridgehead atoms. The van der Waals surface area contributed by atoms with Crippen molar-refractivity contribution < 1.29 is 4.74 Å². The third kappa shape index (κ3) is 4.08. The van der Waals surface area contributed by atoms with Gasteiger partial charge in [-0.15, -0.1) is 0 Å². The summed E-state index contributed by atoms with van der Waals surface area (Å²) in [5, 5.41) is 6.40. The van der Waals surface area contributed by atoms with Crippen LogP contribution in [0, 0.1) is 0 Å². The second-order valence-electron chi connectivity index (χ2n) is 4.25. The van der Waals surface area contributed by atoms with Gasteiger partial charge in [-0.1, -0.05) is 13.0 Å². The van der Waals surface area contributed by atoms with Crippen molar-refractivity contribution in [1.82, 2.24) is 15.0 Å². The molecule has 2 aromatic heterocycles. The number of ether oxygens (including phenoxy) is 1. The first-order valence-electron chi connectivity index (χ1n) is 6.61. The highest BCUT2D eigenvalue weighted by atomic mass is 16.5. The predicted octanol–water partition coefficient (Wildman–Crippen LogP) is 2.31. The van der Waals surface area contributed by atoms with Crippen LogP contribution in [0.4, 0.5) is 11.8 Å². The van der Waals surface area contributed by atoms with Crippen molar-refractivity contribution >= 4 is 11.8 Å². The maximum Gasteiger partial charge on any atom is 0.224 e. The maximum atomic E-state index is 5.02. The smallest absolute Gasteiger partial charge is 0.224 e. The van der Waals surface area contributed by atoms with Crippen molar-refractivity contribution in [2.45, 2.75) is 19.9 Å². The molecule has 6 nitrogen and oxygen atoms in total. The van der Waals surface area contributed by atoms with Crippen LogP contribution in [0.25, 0.3) is 0 Å². The first-order chi connectivity index (χ1) is 9.81. The van der Waals surface area contributed by atoms with Crippen molar-refractivity contribution in [3.8, 4) is 5.88 Å². The van der Waals surface area contributed by atoms with Crippen molar-refractivity contribution in [3.63, 3.8) is 0 Å². The Morgan fingerprint density at radius 1 is 1.15 bits per heavy atom. The molecule has 0 radical (unpaired) electrons. The summed E-state index contributed by atoms with van der Waals surface area (Å²) < 4.78 is 5.02. The molecule has 0 aliphatic carbocycles. The zero-order valence-electron chi connectivity index (χ0n) is 11.8. The van der Waals surface area contributed by atoms with E-state index in [4.69, 9.17) is 4.74 Å². The van der Waals surface area contributed by atoms with Gasteiger partial charge in [-0.3, -0.25) is 0 Å². The Bertz CT molecular complexity index is 529. The second kappa shape index (κ2) is 7.28. The molecule has 2 N–H and O–H groups in total. The van der Waals surface area contributed by atoms with Gasteiger partial charge in [-0.2, -0.15) is 4.98 Å². The normalized spacial score (nSPS) is 10.1. The average molecular weight is 273 g/mol. The van der Waals surface area contributed by atoms with Crippen molar-refractivity contribution in [2.75, 3.05) is 24.3 Å². The molecule has 0 amide bonds. The van der Waals surface area contributed by atoms with Crippen molar-refractivity contribution in [3.05, 3.63) is 36.2 Å². The lowest BCUT2D eigenvalue weighted by Crippen LogP contribution is -2.07. The summed E-state index contributed by atoms with van der Waals surface area (Å²) in [6.45, 7) is 3.62. The van der Waals surface area contributed by atoms with Gasteiger partial charge >= 0.3 is 0 Å². The quantitative estimate of drug-likeness (QED) is 0.806. The highest BCUT2D eigenvalue weighted by Gasteiger charge is 1.99. The fourth-order valence-electron chi connectivity index (χ4n) is 1.61.